The Balaban J connectivity index is 2.56. The highest BCUT2D eigenvalue weighted by atomic mass is 35.5. The second kappa shape index (κ2) is 8.00. The molecule has 1 aromatic rings. The summed E-state index contributed by atoms with van der Waals surface area (Å²) < 4.78 is 5.13. The number of nitrogens with one attached hydrogen (secondary N) is 2. The summed E-state index contributed by atoms with van der Waals surface area (Å²) in [5, 5.41) is 13.2. The van der Waals surface area contributed by atoms with Crippen LogP contribution in [0.25, 0.3) is 0 Å². The van der Waals surface area contributed by atoms with E-state index in [1.807, 2.05) is 0 Å². The van der Waals surface area contributed by atoms with Gasteiger partial charge in [0.1, 0.15) is 11.0 Å². The van der Waals surface area contributed by atoms with E-state index in [0.717, 1.165) is 0 Å². The lowest BCUT2D eigenvalue weighted by atomic mass is 10.2. The Morgan fingerprint density at radius 2 is 1.68 bits per heavy atom. The molecule has 0 aromatic heterocycles. The number of hydrogen-bond acceptors (Lipinski definition) is 4. The summed E-state index contributed by atoms with van der Waals surface area (Å²) in [4.78, 5) is 23.3. The predicted octanol–water partition coefficient (Wildman–Crippen LogP) is 2.96. The Labute approximate surface area is 134 Å². The lowest BCUT2D eigenvalue weighted by Crippen LogP contribution is -2.27. The molecule has 0 fully saturated rings. The van der Waals surface area contributed by atoms with E-state index in [9.17, 15) is 9.59 Å². The molecule has 1 atom stereocenters. The Bertz CT molecular complexity index is 511. The van der Waals surface area contributed by atoms with Gasteiger partial charge in [-0.25, -0.2) is 4.79 Å². The van der Waals surface area contributed by atoms with Crippen molar-refractivity contribution in [2.24, 2.45) is 0 Å². The number of amides is 2. The van der Waals surface area contributed by atoms with Crippen LogP contribution in [0.5, 0.6) is 0 Å². The number of benzene rings is 1. The molecule has 0 saturated carbocycles. The van der Waals surface area contributed by atoms with Crippen LogP contribution in [0.15, 0.2) is 24.3 Å². The Kier molecular flexibility index (Phi) is 6.64. The average Bonchev–Trinajstić information content (AvgIpc) is 2.39. The topological polar surface area (TPSA) is 87.7 Å². The molecule has 1 aromatic carbocycles. The molecule has 0 heterocycles. The highest BCUT2D eigenvalue weighted by molar-refractivity contribution is 6.32. The molecule has 22 heavy (non-hydrogen) atoms. The summed E-state index contributed by atoms with van der Waals surface area (Å²) in [6, 6.07) is 6.53. The fourth-order valence-electron chi connectivity index (χ4n) is 1.52. The first kappa shape index (κ1) is 18.3. The lowest BCUT2D eigenvalue weighted by molar-refractivity contribution is -0.116. The number of alkyl halides is 1. The largest absolute Gasteiger partial charge is 0.444 e. The van der Waals surface area contributed by atoms with Crippen molar-refractivity contribution in [1.29, 1.82) is 0 Å². The Morgan fingerprint density at radius 3 is 2.14 bits per heavy atom. The minimum absolute atomic E-state index is 0.152. The first-order valence-corrected chi connectivity index (χ1v) is 7.31. The number of hydrogen-bond donors (Lipinski definition) is 3. The maximum atomic E-state index is 11.7. The first-order valence-electron chi connectivity index (χ1n) is 6.87. The maximum absolute atomic E-state index is 11.7. The molecule has 0 aliphatic heterocycles. The summed E-state index contributed by atoms with van der Waals surface area (Å²) in [6.45, 7) is 5.18. The van der Waals surface area contributed by atoms with E-state index in [0.29, 0.717) is 11.4 Å². The molecule has 7 heteroatoms. The Morgan fingerprint density at radius 1 is 1.18 bits per heavy atom. The van der Waals surface area contributed by atoms with Gasteiger partial charge in [-0.2, -0.15) is 0 Å². The molecule has 1 rings (SSSR count). The van der Waals surface area contributed by atoms with Crippen LogP contribution in [-0.4, -0.2) is 34.7 Å². The van der Waals surface area contributed by atoms with Crippen LogP contribution in [0, 0.1) is 0 Å². The third-order valence-corrected chi connectivity index (χ3v) is 2.88. The van der Waals surface area contributed by atoms with Gasteiger partial charge in [0.05, 0.1) is 0 Å². The minimum Gasteiger partial charge on any atom is -0.444 e. The summed E-state index contributed by atoms with van der Waals surface area (Å²) in [6.07, 6.45) is -0.362. The van der Waals surface area contributed by atoms with Crippen LogP contribution in [0.2, 0.25) is 0 Å². The van der Waals surface area contributed by atoms with Crippen LogP contribution < -0.4 is 10.6 Å². The normalized spacial score (nSPS) is 12.4. The van der Waals surface area contributed by atoms with Gasteiger partial charge in [0, 0.05) is 18.0 Å². The number of aliphatic hydroxyl groups excluding tert-OH is 1. The highest BCUT2D eigenvalue weighted by Crippen LogP contribution is 2.16. The van der Waals surface area contributed by atoms with Crippen molar-refractivity contribution in [3.05, 3.63) is 24.3 Å². The van der Waals surface area contributed by atoms with E-state index in [4.69, 9.17) is 21.4 Å². The molecule has 0 unspecified atom stereocenters. The zero-order valence-electron chi connectivity index (χ0n) is 12.9. The van der Waals surface area contributed by atoms with Gasteiger partial charge in [-0.05, 0) is 51.5 Å². The molecule has 0 saturated heterocycles. The third kappa shape index (κ3) is 6.78. The molecular weight excluding hydrogens is 308 g/mol. The number of carbonyl (C=O) groups excluding carboxylic acids is 2. The van der Waals surface area contributed by atoms with Gasteiger partial charge in [0.2, 0.25) is 5.91 Å². The smallest absolute Gasteiger partial charge is 0.412 e. The molecule has 0 bridgehead atoms. The van der Waals surface area contributed by atoms with Crippen molar-refractivity contribution in [3.63, 3.8) is 0 Å². The van der Waals surface area contributed by atoms with E-state index in [-0.39, 0.29) is 18.9 Å². The van der Waals surface area contributed by atoms with Crippen LogP contribution in [-0.2, 0) is 9.53 Å². The summed E-state index contributed by atoms with van der Waals surface area (Å²) >= 11 is 5.80. The predicted molar refractivity (Wildman–Crippen MR) is 86.3 cm³/mol. The van der Waals surface area contributed by atoms with E-state index in [2.05, 4.69) is 10.6 Å². The van der Waals surface area contributed by atoms with Crippen molar-refractivity contribution in [3.8, 4) is 0 Å². The fraction of sp³-hybridized carbons (Fsp3) is 0.467. The standard InChI is InChI=1S/C15H21ClN2O4/c1-15(2,3)22-14(21)18-11-6-4-10(5-7-11)17-13(20)12(16)8-9-19/h4-7,12,19H,8-9H2,1-3H3,(H,17,20)(H,18,21)/t12-/m1/s1. The molecular formula is C15H21ClN2O4. The molecule has 0 aliphatic carbocycles. The number of rotatable bonds is 5. The van der Waals surface area contributed by atoms with E-state index < -0.39 is 17.1 Å². The van der Waals surface area contributed by atoms with E-state index >= 15 is 0 Å². The average molecular weight is 329 g/mol. The minimum atomic E-state index is -0.787. The van der Waals surface area contributed by atoms with Crippen molar-refractivity contribution in [2.45, 2.75) is 38.2 Å². The molecule has 6 nitrogen and oxygen atoms in total. The van der Waals surface area contributed by atoms with Crippen molar-refractivity contribution in [2.75, 3.05) is 17.2 Å². The Hall–Kier alpha value is -1.79. The highest BCUT2D eigenvalue weighted by Gasteiger charge is 2.17. The maximum Gasteiger partial charge on any atom is 0.412 e. The molecule has 0 radical (unpaired) electrons. The fourth-order valence-corrected chi connectivity index (χ4v) is 1.68. The van der Waals surface area contributed by atoms with Gasteiger partial charge < -0.3 is 15.2 Å². The second-order valence-electron chi connectivity index (χ2n) is 5.67. The summed E-state index contributed by atoms with van der Waals surface area (Å²) in [5.41, 5.74) is 0.522. The van der Waals surface area contributed by atoms with Crippen LogP contribution in [0.3, 0.4) is 0 Å². The molecule has 122 valence electrons. The van der Waals surface area contributed by atoms with Crippen LogP contribution in [0.1, 0.15) is 27.2 Å². The van der Waals surface area contributed by atoms with Crippen LogP contribution >= 0.6 is 11.6 Å². The molecule has 0 spiro atoms. The van der Waals surface area contributed by atoms with Gasteiger partial charge in [0.25, 0.3) is 0 Å². The van der Waals surface area contributed by atoms with Gasteiger partial charge in [0.15, 0.2) is 0 Å². The number of halogens is 1. The zero-order chi connectivity index (χ0) is 16.8. The van der Waals surface area contributed by atoms with Crippen molar-refractivity contribution >= 4 is 35.0 Å². The number of aliphatic hydroxyl groups is 1. The van der Waals surface area contributed by atoms with E-state index in [1.54, 1.807) is 45.0 Å². The monoisotopic (exact) mass is 328 g/mol. The first-order chi connectivity index (χ1) is 10.2. The molecule has 0 aliphatic rings. The van der Waals surface area contributed by atoms with Crippen molar-refractivity contribution < 1.29 is 19.4 Å². The SMILES string of the molecule is CC(C)(C)OC(=O)Nc1ccc(NC(=O)[C@H](Cl)CCO)cc1. The van der Waals surface area contributed by atoms with Gasteiger partial charge in [-0.15, -0.1) is 11.6 Å². The lowest BCUT2D eigenvalue weighted by Gasteiger charge is -2.19. The van der Waals surface area contributed by atoms with E-state index in [1.165, 1.54) is 0 Å². The van der Waals surface area contributed by atoms with Crippen molar-refractivity contribution in [1.82, 2.24) is 0 Å². The number of ether oxygens (including phenoxy) is 1. The number of carbonyl (C=O) groups is 2. The zero-order valence-corrected chi connectivity index (χ0v) is 13.6. The number of anilines is 2. The second-order valence-corrected chi connectivity index (χ2v) is 6.20. The molecule has 2 amide bonds. The van der Waals surface area contributed by atoms with Crippen LogP contribution in [0.4, 0.5) is 16.2 Å². The van der Waals surface area contributed by atoms with Gasteiger partial charge >= 0.3 is 6.09 Å². The van der Waals surface area contributed by atoms with Gasteiger partial charge in [-0.1, -0.05) is 0 Å². The summed E-state index contributed by atoms with van der Waals surface area (Å²) in [7, 11) is 0. The third-order valence-electron chi connectivity index (χ3n) is 2.46. The summed E-state index contributed by atoms with van der Waals surface area (Å²) in [5.74, 6) is -0.386. The quantitative estimate of drug-likeness (QED) is 0.725. The van der Waals surface area contributed by atoms with Gasteiger partial charge in [-0.3, -0.25) is 10.1 Å². The molecule has 3 N–H and O–H groups in total.